The average molecular weight is 439 g/mol. The van der Waals surface area contributed by atoms with Crippen LogP contribution < -0.4 is 15.5 Å². The number of nitrogens with one attached hydrogen (secondary N) is 2. The van der Waals surface area contributed by atoms with Crippen LogP contribution in [0.4, 0.5) is 35.0 Å². The monoisotopic (exact) mass is 439 g/mol. The summed E-state index contributed by atoms with van der Waals surface area (Å²) < 4.78 is 52.7. The molecule has 2 heterocycles. The summed E-state index contributed by atoms with van der Waals surface area (Å²) in [6.07, 6.45) is -1.47. The quantitative estimate of drug-likeness (QED) is 0.625. The predicted octanol–water partition coefficient (Wildman–Crippen LogP) is 4.44. The number of alkyl halides is 3. The second kappa shape index (κ2) is 9.49. The van der Waals surface area contributed by atoms with Crippen molar-refractivity contribution >= 4 is 23.4 Å². The van der Waals surface area contributed by atoms with Crippen LogP contribution in [0.2, 0.25) is 0 Å². The Labute approximate surface area is 178 Å². The molecule has 0 spiro atoms. The lowest BCUT2D eigenvalue weighted by Crippen LogP contribution is -2.35. The Hall–Kier alpha value is -2.91. The Kier molecular flexibility index (Phi) is 6.97. The number of unbranched alkanes of at least 4 members (excludes halogenated alkanes) is 1. The Morgan fingerprint density at radius 1 is 1.26 bits per heavy atom. The summed E-state index contributed by atoms with van der Waals surface area (Å²) in [4.78, 5) is 22.2. The van der Waals surface area contributed by atoms with Crippen molar-refractivity contribution in [2.75, 3.05) is 23.3 Å². The largest absolute Gasteiger partial charge is 0.419 e. The summed E-state index contributed by atoms with van der Waals surface area (Å²) >= 11 is 0. The van der Waals surface area contributed by atoms with Crippen LogP contribution in [0.15, 0.2) is 24.3 Å². The molecular weight excluding hydrogens is 414 g/mol. The number of nitrogens with zero attached hydrogens (tertiary/aromatic N) is 3. The molecule has 1 atom stereocenters. The number of hydrogen-bond donors (Lipinski definition) is 2. The summed E-state index contributed by atoms with van der Waals surface area (Å²) in [6.45, 7) is 4.79. The number of hydrogen-bond acceptors (Lipinski definition) is 5. The summed E-state index contributed by atoms with van der Waals surface area (Å²) in [7, 11) is 0. The Morgan fingerprint density at radius 2 is 2.03 bits per heavy atom. The summed E-state index contributed by atoms with van der Waals surface area (Å²) in [5.74, 6) is -0.657. The highest BCUT2D eigenvalue weighted by atomic mass is 19.4. The minimum Gasteiger partial charge on any atom is -0.354 e. The van der Waals surface area contributed by atoms with Crippen LogP contribution in [0.25, 0.3) is 0 Å². The lowest BCUT2D eigenvalue weighted by Gasteiger charge is -2.20. The highest BCUT2D eigenvalue weighted by Crippen LogP contribution is 2.33. The maximum atomic E-state index is 13.6. The van der Waals surface area contributed by atoms with Crippen LogP contribution in [-0.4, -0.2) is 35.0 Å². The summed E-state index contributed by atoms with van der Waals surface area (Å²) in [5.41, 5.74) is -0.544. The third kappa shape index (κ3) is 6.05. The second-order valence-corrected chi connectivity index (χ2v) is 7.59. The topological polar surface area (TPSA) is 70.2 Å². The molecule has 2 N–H and O–H groups in total. The Morgan fingerprint density at radius 3 is 2.71 bits per heavy atom. The fraction of sp³-hybridized carbons (Fsp3) is 0.476. The number of carbonyl (C=O) groups is 1. The van der Waals surface area contributed by atoms with Gasteiger partial charge in [-0.3, -0.25) is 4.79 Å². The SMILES string of the molecule is CCCCc1cc(N2CC[C@H](NC(C)=O)C2)nc(Nc2ccc(F)c(C(F)(F)F)c2)n1. The van der Waals surface area contributed by atoms with Gasteiger partial charge in [-0.1, -0.05) is 13.3 Å². The van der Waals surface area contributed by atoms with Gasteiger partial charge in [0.1, 0.15) is 11.6 Å². The van der Waals surface area contributed by atoms with Crippen LogP contribution in [0.3, 0.4) is 0 Å². The third-order valence-corrected chi connectivity index (χ3v) is 5.00. The van der Waals surface area contributed by atoms with Gasteiger partial charge < -0.3 is 15.5 Å². The lowest BCUT2D eigenvalue weighted by molar-refractivity contribution is -0.140. The van der Waals surface area contributed by atoms with Crippen molar-refractivity contribution in [3.05, 3.63) is 41.3 Å². The lowest BCUT2D eigenvalue weighted by atomic mass is 10.2. The first kappa shape index (κ1) is 22.8. The fourth-order valence-corrected chi connectivity index (χ4v) is 3.51. The van der Waals surface area contributed by atoms with Gasteiger partial charge in [0, 0.05) is 43.5 Å². The van der Waals surface area contributed by atoms with E-state index in [1.54, 1.807) is 0 Å². The normalized spacial score (nSPS) is 16.5. The van der Waals surface area contributed by atoms with Gasteiger partial charge in [-0.15, -0.1) is 0 Å². The van der Waals surface area contributed by atoms with Crippen LogP contribution in [-0.2, 0) is 17.4 Å². The zero-order chi connectivity index (χ0) is 22.6. The van der Waals surface area contributed by atoms with Crippen molar-refractivity contribution in [3.8, 4) is 0 Å². The molecule has 3 rings (SSSR count). The maximum absolute atomic E-state index is 13.6. The first-order valence-corrected chi connectivity index (χ1v) is 10.2. The first-order valence-electron chi connectivity index (χ1n) is 10.2. The van der Waals surface area contributed by atoms with E-state index in [2.05, 4.69) is 27.5 Å². The van der Waals surface area contributed by atoms with Gasteiger partial charge in [0.25, 0.3) is 0 Å². The van der Waals surface area contributed by atoms with Gasteiger partial charge in [0.2, 0.25) is 11.9 Å². The molecule has 0 radical (unpaired) electrons. The number of aryl methyl sites for hydroxylation is 1. The average Bonchev–Trinajstić information content (AvgIpc) is 3.14. The van der Waals surface area contributed by atoms with Crippen molar-refractivity contribution in [2.45, 2.75) is 51.7 Å². The van der Waals surface area contributed by atoms with Gasteiger partial charge in [-0.05, 0) is 37.5 Å². The Bertz CT molecular complexity index is 934. The molecule has 168 valence electrons. The molecule has 1 aliphatic heterocycles. The van der Waals surface area contributed by atoms with E-state index in [4.69, 9.17) is 0 Å². The zero-order valence-electron chi connectivity index (χ0n) is 17.4. The molecule has 10 heteroatoms. The number of carbonyl (C=O) groups excluding carboxylic acids is 1. The van der Waals surface area contributed by atoms with E-state index < -0.39 is 17.6 Å². The number of aromatic nitrogens is 2. The van der Waals surface area contributed by atoms with Crippen LogP contribution in [0, 0.1) is 5.82 Å². The van der Waals surface area contributed by atoms with E-state index in [0.717, 1.165) is 31.0 Å². The Balaban J connectivity index is 1.86. The molecule has 0 saturated carbocycles. The molecule has 0 aliphatic carbocycles. The fourth-order valence-electron chi connectivity index (χ4n) is 3.51. The van der Waals surface area contributed by atoms with E-state index in [1.807, 2.05) is 11.0 Å². The van der Waals surface area contributed by atoms with E-state index in [-0.39, 0.29) is 23.6 Å². The van der Waals surface area contributed by atoms with Crippen LogP contribution >= 0.6 is 0 Å². The minimum absolute atomic E-state index is 0.00871. The molecule has 0 bridgehead atoms. The van der Waals surface area contributed by atoms with Crippen LogP contribution in [0.5, 0.6) is 0 Å². The van der Waals surface area contributed by atoms with Gasteiger partial charge in [0.15, 0.2) is 0 Å². The van der Waals surface area contributed by atoms with Crippen molar-refractivity contribution in [3.63, 3.8) is 0 Å². The molecule has 1 fully saturated rings. The summed E-state index contributed by atoms with van der Waals surface area (Å²) in [5, 5.41) is 5.67. The van der Waals surface area contributed by atoms with Crippen LogP contribution in [0.1, 0.15) is 44.4 Å². The number of benzene rings is 1. The van der Waals surface area contributed by atoms with Gasteiger partial charge in [-0.2, -0.15) is 18.2 Å². The van der Waals surface area contributed by atoms with E-state index >= 15 is 0 Å². The summed E-state index contributed by atoms with van der Waals surface area (Å²) in [6, 6.07) is 4.57. The van der Waals surface area contributed by atoms with Crippen molar-refractivity contribution in [2.24, 2.45) is 0 Å². The van der Waals surface area contributed by atoms with Gasteiger partial charge >= 0.3 is 6.18 Å². The maximum Gasteiger partial charge on any atom is 0.419 e. The van der Waals surface area contributed by atoms with Gasteiger partial charge in [0.05, 0.1) is 5.56 Å². The second-order valence-electron chi connectivity index (χ2n) is 7.59. The molecular formula is C21H25F4N5O. The molecule has 1 aromatic carbocycles. The van der Waals surface area contributed by atoms with E-state index in [9.17, 15) is 22.4 Å². The highest BCUT2D eigenvalue weighted by Gasteiger charge is 2.34. The molecule has 1 saturated heterocycles. The van der Waals surface area contributed by atoms with Crippen molar-refractivity contribution < 1.29 is 22.4 Å². The van der Waals surface area contributed by atoms with E-state index in [0.29, 0.717) is 31.4 Å². The predicted molar refractivity (Wildman–Crippen MR) is 110 cm³/mol. The highest BCUT2D eigenvalue weighted by molar-refractivity contribution is 5.73. The molecule has 2 aromatic rings. The van der Waals surface area contributed by atoms with E-state index in [1.165, 1.54) is 13.0 Å². The number of anilines is 3. The first-order chi connectivity index (χ1) is 14.7. The number of amides is 1. The van der Waals surface area contributed by atoms with Crippen molar-refractivity contribution in [1.29, 1.82) is 0 Å². The third-order valence-electron chi connectivity index (χ3n) is 5.00. The molecule has 1 aromatic heterocycles. The molecule has 1 amide bonds. The molecule has 1 aliphatic rings. The molecule has 0 unspecified atom stereocenters. The molecule has 6 nitrogen and oxygen atoms in total. The smallest absolute Gasteiger partial charge is 0.354 e. The number of halogens is 4. The molecule has 31 heavy (non-hydrogen) atoms. The number of rotatable bonds is 7. The van der Waals surface area contributed by atoms with Gasteiger partial charge in [-0.25, -0.2) is 9.37 Å². The van der Waals surface area contributed by atoms with Crippen molar-refractivity contribution in [1.82, 2.24) is 15.3 Å². The zero-order valence-corrected chi connectivity index (χ0v) is 17.4. The minimum atomic E-state index is -4.80. The standard InChI is InChI=1S/C21H25F4N5O/c1-3-4-5-14-11-19(30-9-8-16(12-30)26-13(2)31)29-20(27-14)28-15-6-7-18(22)17(10-15)21(23,24)25/h6-7,10-11,16H,3-5,8-9,12H2,1-2H3,(H,26,31)(H,27,28,29)/t16-/m0/s1.